The van der Waals surface area contributed by atoms with E-state index >= 15 is 0 Å². The van der Waals surface area contributed by atoms with Gasteiger partial charge in [0.1, 0.15) is 0 Å². The predicted octanol–water partition coefficient (Wildman–Crippen LogP) is 1.45. The molecule has 1 N–H and O–H groups in total. The SMILES string of the molecule is O=C1CC(CO)CN1c1ccc(F)c(F)c1F. The Labute approximate surface area is 95.5 Å². The van der Waals surface area contributed by atoms with Crippen LogP contribution >= 0.6 is 0 Å². The van der Waals surface area contributed by atoms with Crippen LogP contribution in [-0.4, -0.2) is 24.2 Å². The Morgan fingerprint density at radius 2 is 2.00 bits per heavy atom. The lowest BCUT2D eigenvalue weighted by Gasteiger charge is -2.17. The molecule has 3 nitrogen and oxygen atoms in total. The van der Waals surface area contributed by atoms with Crippen molar-refractivity contribution in [1.29, 1.82) is 0 Å². The average Bonchev–Trinajstić information content (AvgIpc) is 2.68. The first kappa shape index (κ1) is 11.9. The largest absolute Gasteiger partial charge is 0.396 e. The quantitative estimate of drug-likeness (QED) is 0.801. The Bertz CT molecular complexity index is 464. The molecule has 1 unspecified atom stereocenters. The molecule has 6 heteroatoms. The molecule has 0 aromatic heterocycles. The highest BCUT2D eigenvalue weighted by Gasteiger charge is 2.32. The molecule has 0 radical (unpaired) electrons. The van der Waals surface area contributed by atoms with E-state index < -0.39 is 23.4 Å². The molecule has 92 valence electrons. The second-order valence-corrected chi connectivity index (χ2v) is 3.95. The van der Waals surface area contributed by atoms with Crippen LogP contribution in [0.1, 0.15) is 6.42 Å². The van der Waals surface area contributed by atoms with Crippen molar-refractivity contribution >= 4 is 11.6 Å². The fourth-order valence-corrected chi connectivity index (χ4v) is 1.86. The number of carbonyl (C=O) groups is 1. The maximum Gasteiger partial charge on any atom is 0.227 e. The number of aliphatic hydroxyl groups excluding tert-OH is 1. The van der Waals surface area contributed by atoms with Crippen molar-refractivity contribution in [3.05, 3.63) is 29.6 Å². The van der Waals surface area contributed by atoms with Crippen molar-refractivity contribution in [2.45, 2.75) is 6.42 Å². The molecule has 0 aliphatic carbocycles. The van der Waals surface area contributed by atoms with Gasteiger partial charge in [-0.1, -0.05) is 0 Å². The highest BCUT2D eigenvalue weighted by atomic mass is 19.2. The summed E-state index contributed by atoms with van der Waals surface area (Å²) in [5.41, 5.74) is -0.287. The zero-order chi connectivity index (χ0) is 12.6. The summed E-state index contributed by atoms with van der Waals surface area (Å²) in [6.45, 7) is -0.0924. The molecule has 1 amide bonds. The minimum absolute atomic E-state index is 0.0783. The third-order valence-corrected chi connectivity index (χ3v) is 2.77. The molecule has 1 aliphatic rings. The molecule has 0 bridgehead atoms. The van der Waals surface area contributed by atoms with Gasteiger partial charge < -0.3 is 10.0 Å². The number of carbonyl (C=O) groups excluding carboxylic acids is 1. The van der Waals surface area contributed by atoms with E-state index in [1.165, 1.54) is 0 Å². The van der Waals surface area contributed by atoms with E-state index in [1.54, 1.807) is 0 Å². The molecular formula is C11H10F3NO2. The first-order valence-electron chi connectivity index (χ1n) is 5.09. The molecular weight excluding hydrogens is 235 g/mol. The lowest BCUT2D eigenvalue weighted by molar-refractivity contribution is -0.117. The number of halogens is 3. The number of rotatable bonds is 2. The van der Waals surface area contributed by atoms with Gasteiger partial charge in [-0.15, -0.1) is 0 Å². The number of aliphatic hydroxyl groups is 1. The summed E-state index contributed by atoms with van der Waals surface area (Å²) in [5, 5.41) is 8.91. The van der Waals surface area contributed by atoms with Crippen LogP contribution in [0, 0.1) is 23.4 Å². The van der Waals surface area contributed by atoms with Crippen molar-refractivity contribution in [3.8, 4) is 0 Å². The Morgan fingerprint density at radius 3 is 2.59 bits per heavy atom. The van der Waals surface area contributed by atoms with Gasteiger partial charge in [0.05, 0.1) is 5.69 Å². The van der Waals surface area contributed by atoms with Crippen LogP contribution in [0.4, 0.5) is 18.9 Å². The van der Waals surface area contributed by atoms with Gasteiger partial charge in [0.15, 0.2) is 17.5 Å². The van der Waals surface area contributed by atoms with Gasteiger partial charge in [0.25, 0.3) is 0 Å². The lowest BCUT2D eigenvalue weighted by Crippen LogP contribution is -2.26. The molecule has 2 rings (SSSR count). The highest BCUT2D eigenvalue weighted by Crippen LogP contribution is 2.29. The van der Waals surface area contributed by atoms with Crippen molar-refractivity contribution < 1.29 is 23.1 Å². The number of amides is 1. The van der Waals surface area contributed by atoms with Gasteiger partial charge in [0, 0.05) is 25.5 Å². The highest BCUT2D eigenvalue weighted by molar-refractivity contribution is 5.95. The summed E-state index contributed by atoms with van der Waals surface area (Å²) in [6, 6.07) is 1.79. The molecule has 1 atom stereocenters. The summed E-state index contributed by atoms with van der Waals surface area (Å²) in [6.07, 6.45) is 0.0783. The average molecular weight is 245 g/mol. The van der Waals surface area contributed by atoms with Gasteiger partial charge in [-0.25, -0.2) is 13.2 Å². The molecule has 1 aliphatic heterocycles. The van der Waals surface area contributed by atoms with Crippen molar-refractivity contribution in [2.75, 3.05) is 18.1 Å². The van der Waals surface area contributed by atoms with Crippen molar-refractivity contribution in [3.63, 3.8) is 0 Å². The minimum atomic E-state index is -1.59. The van der Waals surface area contributed by atoms with Crippen molar-refractivity contribution in [1.82, 2.24) is 0 Å². The van der Waals surface area contributed by atoms with E-state index in [0.717, 1.165) is 17.0 Å². The predicted molar refractivity (Wildman–Crippen MR) is 53.9 cm³/mol. The second kappa shape index (κ2) is 4.37. The topological polar surface area (TPSA) is 40.5 Å². The summed E-state index contributed by atoms with van der Waals surface area (Å²) < 4.78 is 39.2. The van der Waals surface area contributed by atoms with Crippen LogP contribution in [0.25, 0.3) is 0 Å². The molecule has 1 heterocycles. The third-order valence-electron chi connectivity index (χ3n) is 2.77. The minimum Gasteiger partial charge on any atom is -0.396 e. The first-order valence-corrected chi connectivity index (χ1v) is 5.09. The molecule has 1 saturated heterocycles. The van der Waals surface area contributed by atoms with Crippen molar-refractivity contribution in [2.24, 2.45) is 5.92 Å². The zero-order valence-corrected chi connectivity index (χ0v) is 8.79. The molecule has 0 saturated carbocycles. The van der Waals surface area contributed by atoms with Crippen LogP contribution in [0.5, 0.6) is 0 Å². The zero-order valence-electron chi connectivity index (χ0n) is 8.79. The first-order chi connectivity index (χ1) is 8.04. The maximum atomic E-state index is 13.4. The smallest absolute Gasteiger partial charge is 0.227 e. The number of anilines is 1. The van der Waals surface area contributed by atoms with Crippen LogP contribution in [-0.2, 0) is 4.79 Å². The lowest BCUT2D eigenvalue weighted by atomic mass is 10.1. The Balaban J connectivity index is 2.35. The molecule has 1 aromatic carbocycles. The normalized spacial score (nSPS) is 20.1. The van der Waals surface area contributed by atoms with E-state index in [-0.39, 0.29) is 31.2 Å². The fraction of sp³-hybridized carbons (Fsp3) is 0.364. The fourth-order valence-electron chi connectivity index (χ4n) is 1.86. The number of hydrogen-bond donors (Lipinski definition) is 1. The summed E-state index contributed by atoms with van der Waals surface area (Å²) in [7, 11) is 0. The van der Waals surface area contributed by atoms with E-state index in [4.69, 9.17) is 5.11 Å². The van der Waals surface area contributed by atoms with Gasteiger partial charge in [-0.3, -0.25) is 4.79 Å². The number of nitrogens with zero attached hydrogens (tertiary/aromatic N) is 1. The van der Waals surface area contributed by atoms with Gasteiger partial charge in [0.2, 0.25) is 5.91 Å². The Hall–Kier alpha value is -1.56. The molecule has 1 aromatic rings. The van der Waals surface area contributed by atoms with E-state index in [0.29, 0.717) is 0 Å². The van der Waals surface area contributed by atoms with Gasteiger partial charge in [-0.05, 0) is 12.1 Å². The monoisotopic (exact) mass is 245 g/mol. The van der Waals surface area contributed by atoms with Crippen LogP contribution < -0.4 is 4.90 Å². The second-order valence-electron chi connectivity index (χ2n) is 3.95. The van der Waals surface area contributed by atoms with Crippen LogP contribution in [0.2, 0.25) is 0 Å². The van der Waals surface area contributed by atoms with Gasteiger partial charge >= 0.3 is 0 Å². The standard InChI is InChI=1S/C11H10F3NO2/c12-7-1-2-8(11(14)10(7)13)15-4-6(5-16)3-9(15)17/h1-2,6,16H,3-5H2. The third kappa shape index (κ3) is 2.00. The summed E-state index contributed by atoms with van der Waals surface area (Å²) >= 11 is 0. The van der Waals surface area contributed by atoms with Gasteiger partial charge in [-0.2, -0.15) is 0 Å². The maximum absolute atomic E-state index is 13.4. The van der Waals surface area contributed by atoms with E-state index in [1.807, 2.05) is 0 Å². The number of benzene rings is 1. The van der Waals surface area contributed by atoms with Crippen LogP contribution in [0.3, 0.4) is 0 Å². The Morgan fingerprint density at radius 1 is 1.29 bits per heavy atom. The van der Waals surface area contributed by atoms with E-state index in [2.05, 4.69) is 0 Å². The molecule has 17 heavy (non-hydrogen) atoms. The number of hydrogen-bond acceptors (Lipinski definition) is 2. The molecule has 0 spiro atoms. The van der Waals surface area contributed by atoms with E-state index in [9.17, 15) is 18.0 Å². The molecule has 1 fully saturated rings. The Kier molecular flexibility index (Phi) is 3.06. The summed E-state index contributed by atoms with van der Waals surface area (Å²) in [5.74, 6) is -4.97. The van der Waals surface area contributed by atoms with Crippen LogP contribution in [0.15, 0.2) is 12.1 Å². The summed E-state index contributed by atoms with van der Waals surface area (Å²) in [4.78, 5) is 12.6.